The first kappa shape index (κ1) is 8.95. The zero-order valence-electron chi connectivity index (χ0n) is 7.24. The molecule has 0 saturated heterocycles. The Morgan fingerprint density at radius 1 is 1.45 bits per heavy atom. The van der Waals surface area contributed by atoms with Gasteiger partial charge in [0.1, 0.15) is 0 Å². The molecule has 0 radical (unpaired) electrons. The molecular weight excluding hydrogens is 146 g/mol. The third-order valence-corrected chi connectivity index (χ3v) is 2.29. The van der Waals surface area contributed by atoms with Crippen LogP contribution in [0.3, 0.4) is 0 Å². The molecule has 1 saturated carbocycles. The average molecular weight is 162 g/mol. The van der Waals surface area contributed by atoms with E-state index in [1.807, 2.05) is 0 Å². The first-order valence-electron chi connectivity index (χ1n) is 4.40. The quantitative estimate of drug-likeness (QED) is 0.593. The maximum atomic E-state index is 12.3. The standard InChI is InChI=1S/C9H16F2/c1-7(2)4-3-5-8-6-9(8,10)11/h7-8H,3-6H2,1-2H3. The van der Waals surface area contributed by atoms with E-state index < -0.39 is 5.92 Å². The zero-order chi connectivity index (χ0) is 8.48. The number of hydrogen-bond acceptors (Lipinski definition) is 0. The lowest BCUT2D eigenvalue weighted by atomic mass is 10.0. The largest absolute Gasteiger partial charge is 0.251 e. The van der Waals surface area contributed by atoms with Gasteiger partial charge in [0.05, 0.1) is 0 Å². The van der Waals surface area contributed by atoms with E-state index in [1.165, 1.54) is 0 Å². The van der Waals surface area contributed by atoms with E-state index in [-0.39, 0.29) is 12.3 Å². The van der Waals surface area contributed by atoms with Gasteiger partial charge in [0.15, 0.2) is 0 Å². The van der Waals surface area contributed by atoms with E-state index in [9.17, 15) is 8.78 Å². The third-order valence-electron chi connectivity index (χ3n) is 2.29. The third kappa shape index (κ3) is 2.76. The summed E-state index contributed by atoms with van der Waals surface area (Å²) in [5.74, 6) is -1.92. The number of halogens is 2. The van der Waals surface area contributed by atoms with Crippen LogP contribution in [0.2, 0.25) is 0 Å². The molecule has 1 unspecified atom stereocenters. The van der Waals surface area contributed by atoms with Crippen LogP contribution < -0.4 is 0 Å². The van der Waals surface area contributed by atoms with Gasteiger partial charge in [-0.25, -0.2) is 8.78 Å². The molecule has 0 nitrogen and oxygen atoms in total. The van der Waals surface area contributed by atoms with Crippen molar-refractivity contribution in [3.8, 4) is 0 Å². The van der Waals surface area contributed by atoms with Crippen molar-refractivity contribution in [1.29, 1.82) is 0 Å². The highest BCUT2D eigenvalue weighted by Gasteiger charge is 2.55. The minimum atomic E-state index is -2.29. The van der Waals surface area contributed by atoms with Crippen LogP contribution in [-0.2, 0) is 0 Å². The fourth-order valence-electron chi connectivity index (χ4n) is 1.36. The van der Waals surface area contributed by atoms with Crippen molar-refractivity contribution >= 4 is 0 Å². The molecule has 11 heavy (non-hydrogen) atoms. The van der Waals surface area contributed by atoms with Gasteiger partial charge >= 0.3 is 0 Å². The van der Waals surface area contributed by atoms with E-state index in [0.29, 0.717) is 5.92 Å². The fourth-order valence-corrected chi connectivity index (χ4v) is 1.36. The van der Waals surface area contributed by atoms with Crippen molar-refractivity contribution in [3.63, 3.8) is 0 Å². The van der Waals surface area contributed by atoms with Gasteiger partial charge in [-0.15, -0.1) is 0 Å². The first-order chi connectivity index (χ1) is 5.02. The van der Waals surface area contributed by atoms with Gasteiger partial charge in [-0.05, 0) is 12.3 Å². The molecule has 1 rings (SSSR count). The monoisotopic (exact) mass is 162 g/mol. The molecule has 1 fully saturated rings. The highest BCUT2D eigenvalue weighted by atomic mass is 19.3. The second-order valence-corrected chi connectivity index (χ2v) is 3.99. The van der Waals surface area contributed by atoms with Gasteiger partial charge in [-0.3, -0.25) is 0 Å². The molecule has 66 valence electrons. The lowest BCUT2D eigenvalue weighted by Gasteiger charge is -2.02. The topological polar surface area (TPSA) is 0 Å². The van der Waals surface area contributed by atoms with Crippen molar-refractivity contribution in [3.05, 3.63) is 0 Å². The Balaban J connectivity index is 1.98. The van der Waals surface area contributed by atoms with Crippen LogP contribution in [0.25, 0.3) is 0 Å². The van der Waals surface area contributed by atoms with Crippen molar-refractivity contribution in [2.24, 2.45) is 11.8 Å². The highest BCUT2D eigenvalue weighted by molar-refractivity contribution is 4.94. The molecule has 1 aliphatic carbocycles. The summed E-state index contributed by atoms with van der Waals surface area (Å²) in [7, 11) is 0. The van der Waals surface area contributed by atoms with Gasteiger partial charge in [-0.1, -0.05) is 26.7 Å². The van der Waals surface area contributed by atoms with E-state index in [1.54, 1.807) is 0 Å². The average Bonchev–Trinajstić information content (AvgIpc) is 2.39. The molecule has 0 amide bonds. The van der Waals surface area contributed by atoms with E-state index in [2.05, 4.69) is 13.8 Å². The van der Waals surface area contributed by atoms with Crippen molar-refractivity contribution in [1.82, 2.24) is 0 Å². The number of rotatable bonds is 4. The van der Waals surface area contributed by atoms with Gasteiger partial charge in [-0.2, -0.15) is 0 Å². The smallest absolute Gasteiger partial charge is 0.207 e. The molecule has 1 aliphatic rings. The summed E-state index contributed by atoms with van der Waals surface area (Å²) < 4.78 is 24.6. The van der Waals surface area contributed by atoms with Crippen LogP contribution in [0.1, 0.15) is 39.5 Å². The predicted molar refractivity (Wildman–Crippen MR) is 41.7 cm³/mol. The molecule has 0 aromatic carbocycles. The molecule has 0 heterocycles. The Bertz CT molecular complexity index is 130. The second-order valence-electron chi connectivity index (χ2n) is 3.99. The first-order valence-corrected chi connectivity index (χ1v) is 4.40. The second kappa shape index (κ2) is 3.08. The molecule has 0 aromatic heterocycles. The Morgan fingerprint density at radius 3 is 2.36 bits per heavy atom. The zero-order valence-corrected chi connectivity index (χ0v) is 7.24. The maximum absolute atomic E-state index is 12.3. The van der Waals surface area contributed by atoms with Gasteiger partial charge < -0.3 is 0 Å². The Labute approximate surface area is 67.0 Å². The normalized spacial score (nSPS) is 27.5. The van der Waals surface area contributed by atoms with Gasteiger partial charge in [0, 0.05) is 12.3 Å². The number of alkyl halides is 2. The molecule has 0 bridgehead atoms. The van der Waals surface area contributed by atoms with Crippen LogP contribution in [0.5, 0.6) is 0 Å². The Kier molecular flexibility index (Phi) is 2.50. The van der Waals surface area contributed by atoms with Gasteiger partial charge in [0.25, 0.3) is 5.92 Å². The summed E-state index contributed by atoms with van der Waals surface area (Å²) in [4.78, 5) is 0. The van der Waals surface area contributed by atoms with E-state index in [4.69, 9.17) is 0 Å². The molecule has 0 aromatic rings. The van der Waals surface area contributed by atoms with Crippen molar-refractivity contribution in [2.75, 3.05) is 0 Å². The molecule has 1 atom stereocenters. The summed E-state index contributed by atoms with van der Waals surface area (Å²) in [6.45, 7) is 4.26. The minimum Gasteiger partial charge on any atom is -0.207 e. The molecule has 0 spiro atoms. The lowest BCUT2D eigenvalue weighted by Crippen LogP contribution is -1.94. The van der Waals surface area contributed by atoms with Crippen molar-refractivity contribution < 1.29 is 8.78 Å². The van der Waals surface area contributed by atoms with E-state index >= 15 is 0 Å². The molecule has 0 aliphatic heterocycles. The molecular formula is C9H16F2. The summed E-state index contributed by atoms with van der Waals surface area (Å²) >= 11 is 0. The highest BCUT2D eigenvalue weighted by Crippen LogP contribution is 2.51. The maximum Gasteiger partial charge on any atom is 0.251 e. The summed E-state index contributed by atoms with van der Waals surface area (Å²) in [5.41, 5.74) is 0. The number of hydrogen-bond donors (Lipinski definition) is 0. The van der Waals surface area contributed by atoms with Crippen LogP contribution >= 0.6 is 0 Å². The summed E-state index contributed by atoms with van der Waals surface area (Å²) in [6, 6.07) is 0. The Hall–Kier alpha value is -0.140. The van der Waals surface area contributed by atoms with Crippen LogP contribution in [0, 0.1) is 11.8 Å². The fraction of sp³-hybridized carbons (Fsp3) is 1.00. The summed E-state index contributed by atoms with van der Waals surface area (Å²) in [6.07, 6.45) is 2.93. The summed E-state index contributed by atoms with van der Waals surface area (Å²) in [5, 5.41) is 0. The minimum absolute atomic E-state index is 0.144. The predicted octanol–water partition coefficient (Wildman–Crippen LogP) is 3.47. The van der Waals surface area contributed by atoms with Crippen LogP contribution in [0.4, 0.5) is 8.78 Å². The molecule has 2 heteroatoms. The van der Waals surface area contributed by atoms with Crippen LogP contribution in [-0.4, -0.2) is 5.92 Å². The lowest BCUT2D eigenvalue weighted by molar-refractivity contribution is 0.0962. The van der Waals surface area contributed by atoms with Crippen LogP contribution in [0.15, 0.2) is 0 Å². The van der Waals surface area contributed by atoms with E-state index in [0.717, 1.165) is 19.3 Å². The Morgan fingerprint density at radius 2 is 2.00 bits per heavy atom. The molecule has 0 N–H and O–H groups in total. The SMILES string of the molecule is CC(C)CCCC1CC1(F)F. The van der Waals surface area contributed by atoms with Crippen molar-refractivity contribution in [2.45, 2.75) is 45.5 Å². The van der Waals surface area contributed by atoms with Gasteiger partial charge in [0.2, 0.25) is 0 Å².